The van der Waals surface area contributed by atoms with Crippen molar-refractivity contribution in [3.63, 3.8) is 0 Å². The molecule has 130 valence electrons. The predicted molar refractivity (Wildman–Crippen MR) is 79.7 cm³/mol. The number of nitrogens with one attached hydrogen (secondary N) is 1. The van der Waals surface area contributed by atoms with Gasteiger partial charge in [-0.2, -0.15) is 13.2 Å². The van der Waals surface area contributed by atoms with E-state index in [9.17, 15) is 22.8 Å². The van der Waals surface area contributed by atoms with E-state index in [0.29, 0.717) is 30.5 Å². The Labute approximate surface area is 136 Å². The molecule has 1 aromatic rings. The number of fused-ring (bicyclic) bond motifs is 1. The molecule has 0 saturated carbocycles. The summed E-state index contributed by atoms with van der Waals surface area (Å²) in [6.07, 6.45) is -2.80. The van der Waals surface area contributed by atoms with Crippen LogP contribution in [0, 0.1) is 0 Å². The molecule has 2 aliphatic heterocycles. The molecule has 2 aliphatic rings. The molecule has 0 aromatic heterocycles. The molecule has 1 saturated heterocycles. The van der Waals surface area contributed by atoms with Gasteiger partial charge in [0.25, 0.3) is 5.91 Å². The van der Waals surface area contributed by atoms with Crippen LogP contribution in [0.3, 0.4) is 0 Å². The topological polar surface area (TPSA) is 58.6 Å². The Hall–Kier alpha value is -2.09. The Bertz CT molecular complexity index is 682. The second-order valence-corrected chi connectivity index (χ2v) is 6.13. The first-order valence-corrected chi connectivity index (χ1v) is 7.60. The van der Waals surface area contributed by atoms with Gasteiger partial charge in [0.05, 0.1) is 13.1 Å². The zero-order chi connectivity index (χ0) is 17.5. The number of aryl methyl sites for hydroxylation is 1. The number of likely N-dealkylation sites (tertiary alicyclic amines) is 1. The van der Waals surface area contributed by atoms with Crippen molar-refractivity contribution in [2.45, 2.75) is 31.0 Å². The average Bonchev–Trinajstić information content (AvgIpc) is 2.64. The van der Waals surface area contributed by atoms with Crippen LogP contribution >= 0.6 is 0 Å². The van der Waals surface area contributed by atoms with Crippen LogP contribution in [-0.2, 0) is 16.0 Å². The molecule has 8 heteroatoms. The lowest BCUT2D eigenvalue weighted by molar-refractivity contribution is -0.303. The predicted octanol–water partition coefficient (Wildman–Crippen LogP) is 2.36. The first kappa shape index (κ1) is 16.8. The number of anilines is 1. The largest absolute Gasteiger partial charge is 0.420 e. The van der Waals surface area contributed by atoms with Crippen LogP contribution in [-0.4, -0.2) is 48.7 Å². The van der Waals surface area contributed by atoms with Gasteiger partial charge >= 0.3 is 6.18 Å². The van der Waals surface area contributed by atoms with Gasteiger partial charge in [-0.3, -0.25) is 9.59 Å². The van der Waals surface area contributed by atoms with Gasteiger partial charge in [-0.25, -0.2) is 0 Å². The highest BCUT2D eigenvalue weighted by molar-refractivity contribution is 5.97. The van der Waals surface area contributed by atoms with E-state index in [1.54, 1.807) is 12.1 Å². The number of benzene rings is 1. The fourth-order valence-electron chi connectivity index (χ4n) is 3.03. The highest BCUT2D eigenvalue weighted by Gasteiger charge is 2.63. The number of carbonyl (C=O) groups excluding carboxylic acids is 2. The summed E-state index contributed by atoms with van der Waals surface area (Å²) < 4.78 is 43.6. The fraction of sp³-hybridized carbons (Fsp3) is 0.500. The summed E-state index contributed by atoms with van der Waals surface area (Å²) in [6, 6.07) is 4.79. The number of rotatable bonds is 2. The maximum atomic E-state index is 13.0. The number of alkyl halides is 3. The molecule has 2 heterocycles. The third kappa shape index (κ3) is 2.75. The summed E-state index contributed by atoms with van der Waals surface area (Å²) >= 11 is 0. The third-order valence-electron chi connectivity index (χ3n) is 4.56. The van der Waals surface area contributed by atoms with Crippen LogP contribution in [0.15, 0.2) is 18.2 Å². The zero-order valence-corrected chi connectivity index (χ0v) is 13.1. The number of hydrogen-bond acceptors (Lipinski definition) is 3. The summed E-state index contributed by atoms with van der Waals surface area (Å²) in [4.78, 5) is 25.0. The molecule has 0 atom stereocenters. The molecule has 0 spiro atoms. The highest BCUT2D eigenvalue weighted by atomic mass is 19.4. The van der Waals surface area contributed by atoms with Crippen molar-refractivity contribution < 1.29 is 27.5 Å². The summed E-state index contributed by atoms with van der Waals surface area (Å²) in [6.45, 7) is -1.03. The smallest absolute Gasteiger partial charge is 0.365 e. The fourth-order valence-corrected chi connectivity index (χ4v) is 3.03. The molecule has 1 fully saturated rings. The van der Waals surface area contributed by atoms with Crippen LogP contribution in [0.5, 0.6) is 0 Å². The lowest BCUT2D eigenvalue weighted by atomic mass is 9.91. The van der Waals surface area contributed by atoms with Crippen molar-refractivity contribution in [2.75, 3.05) is 25.5 Å². The van der Waals surface area contributed by atoms with Crippen molar-refractivity contribution in [1.29, 1.82) is 0 Å². The number of nitrogens with zero attached hydrogens (tertiary/aromatic N) is 1. The number of ether oxygens (including phenoxy) is 1. The zero-order valence-electron chi connectivity index (χ0n) is 13.1. The maximum absolute atomic E-state index is 13.0. The van der Waals surface area contributed by atoms with Crippen molar-refractivity contribution in [3.8, 4) is 0 Å². The molecule has 0 bridgehead atoms. The first-order chi connectivity index (χ1) is 11.3. The Balaban J connectivity index is 1.76. The first-order valence-electron chi connectivity index (χ1n) is 7.60. The summed E-state index contributed by atoms with van der Waals surface area (Å²) in [7, 11) is 1.00. The molecule has 0 unspecified atom stereocenters. The van der Waals surface area contributed by atoms with Crippen molar-refractivity contribution in [3.05, 3.63) is 29.3 Å². The van der Waals surface area contributed by atoms with Crippen LogP contribution in [0.1, 0.15) is 28.8 Å². The Morgan fingerprint density at radius 1 is 1.29 bits per heavy atom. The molecule has 1 N–H and O–H groups in total. The van der Waals surface area contributed by atoms with Gasteiger partial charge in [0.15, 0.2) is 5.60 Å². The lowest BCUT2D eigenvalue weighted by Gasteiger charge is -2.49. The molecule has 0 aliphatic carbocycles. The number of hydrogen-bond donors (Lipinski definition) is 1. The van der Waals surface area contributed by atoms with Crippen LogP contribution in [0.4, 0.5) is 18.9 Å². The minimum Gasteiger partial charge on any atom is -0.365 e. The summed E-state index contributed by atoms with van der Waals surface area (Å²) in [5.74, 6) is -0.545. The molecule has 2 amide bonds. The van der Waals surface area contributed by atoms with Gasteiger partial charge in [-0.15, -0.1) is 0 Å². The van der Waals surface area contributed by atoms with E-state index < -0.39 is 30.8 Å². The van der Waals surface area contributed by atoms with E-state index in [1.807, 2.05) is 0 Å². The molecular weight excluding hydrogens is 325 g/mol. The third-order valence-corrected chi connectivity index (χ3v) is 4.56. The Kier molecular flexibility index (Phi) is 4.03. The van der Waals surface area contributed by atoms with Crippen LogP contribution in [0.2, 0.25) is 0 Å². The quantitative estimate of drug-likeness (QED) is 0.898. The number of amides is 2. The van der Waals surface area contributed by atoms with E-state index in [1.165, 1.54) is 6.07 Å². The van der Waals surface area contributed by atoms with Gasteiger partial charge in [0.1, 0.15) is 0 Å². The SMILES string of the molecule is COC1(C(F)(F)F)CN(C(=O)c2ccc3c(c2)CCCC(=O)N3)C1. The van der Waals surface area contributed by atoms with Gasteiger partial charge in [-0.05, 0) is 36.6 Å². The lowest BCUT2D eigenvalue weighted by Crippen LogP contribution is -2.71. The van der Waals surface area contributed by atoms with Crippen LogP contribution in [0.25, 0.3) is 0 Å². The molecule has 0 radical (unpaired) electrons. The van der Waals surface area contributed by atoms with Crippen molar-refractivity contribution in [2.24, 2.45) is 0 Å². The number of halogens is 3. The Morgan fingerprint density at radius 3 is 2.62 bits per heavy atom. The molecule has 24 heavy (non-hydrogen) atoms. The van der Waals surface area contributed by atoms with E-state index in [-0.39, 0.29) is 5.91 Å². The van der Waals surface area contributed by atoms with Crippen LogP contribution < -0.4 is 5.32 Å². The van der Waals surface area contributed by atoms with E-state index in [4.69, 9.17) is 0 Å². The summed E-state index contributed by atoms with van der Waals surface area (Å²) in [5.41, 5.74) is -0.487. The second kappa shape index (κ2) is 5.77. The van der Waals surface area contributed by atoms with Gasteiger partial charge < -0.3 is 15.0 Å². The normalized spacial score (nSPS) is 19.8. The molecule has 3 rings (SSSR count). The number of methoxy groups -OCH3 is 1. The number of carbonyl (C=O) groups is 2. The minimum absolute atomic E-state index is 0.0781. The van der Waals surface area contributed by atoms with E-state index >= 15 is 0 Å². The molecular formula is C16H17F3N2O3. The van der Waals surface area contributed by atoms with Gasteiger partial charge in [0, 0.05) is 24.8 Å². The second-order valence-electron chi connectivity index (χ2n) is 6.13. The Morgan fingerprint density at radius 2 is 2.00 bits per heavy atom. The minimum atomic E-state index is -4.52. The standard InChI is InChI=1S/C16H17F3N2O3/c1-24-15(16(17,18)19)8-21(9-15)14(23)11-5-6-12-10(7-11)3-2-4-13(22)20-12/h5-7H,2-4,8-9H2,1H3,(H,20,22). The molecule has 5 nitrogen and oxygen atoms in total. The van der Waals surface area contributed by atoms with Gasteiger partial charge in [0.2, 0.25) is 5.91 Å². The van der Waals surface area contributed by atoms with Crippen molar-refractivity contribution >= 4 is 17.5 Å². The van der Waals surface area contributed by atoms with E-state index in [0.717, 1.165) is 17.6 Å². The highest BCUT2D eigenvalue weighted by Crippen LogP contribution is 2.41. The van der Waals surface area contributed by atoms with E-state index in [2.05, 4.69) is 10.1 Å². The maximum Gasteiger partial charge on any atom is 0.420 e. The van der Waals surface area contributed by atoms with Gasteiger partial charge in [-0.1, -0.05) is 0 Å². The monoisotopic (exact) mass is 342 g/mol. The average molecular weight is 342 g/mol. The van der Waals surface area contributed by atoms with Crippen molar-refractivity contribution in [1.82, 2.24) is 4.90 Å². The summed E-state index contributed by atoms with van der Waals surface area (Å²) in [5, 5.41) is 2.76. The molecule has 1 aromatic carbocycles.